The Hall–Kier alpha value is -4.57. The summed E-state index contributed by atoms with van der Waals surface area (Å²) in [7, 11) is 0. The van der Waals surface area contributed by atoms with Crippen LogP contribution in [0, 0.1) is 13.8 Å². The highest BCUT2D eigenvalue weighted by Gasteiger charge is 2.39. The summed E-state index contributed by atoms with van der Waals surface area (Å²) in [6, 6.07) is 12.5. The van der Waals surface area contributed by atoms with Gasteiger partial charge in [0.1, 0.15) is 28.4 Å². The number of piperidine rings is 1. The van der Waals surface area contributed by atoms with Crippen molar-refractivity contribution >= 4 is 80.8 Å². The van der Waals surface area contributed by atoms with E-state index < -0.39 is 11.9 Å². The average Bonchev–Trinajstić information content (AvgIpc) is 3.71. The number of aromatic nitrogens is 3. The number of para-hydroxylation sites is 1. The minimum absolute atomic E-state index is 0.153. The minimum atomic E-state index is -0.620. The monoisotopic (exact) mass is 745 g/mol. The van der Waals surface area contributed by atoms with Crippen LogP contribution in [-0.4, -0.2) is 92.9 Å². The number of anilines is 4. The van der Waals surface area contributed by atoms with Gasteiger partial charge in [-0.25, -0.2) is 15.0 Å². The van der Waals surface area contributed by atoms with Gasteiger partial charge in [-0.1, -0.05) is 41.1 Å². The summed E-state index contributed by atoms with van der Waals surface area (Å²) < 4.78 is 0. The van der Waals surface area contributed by atoms with Gasteiger partial charge in [0, 0.05) is 68.0 Å². The van der Waals surface area contributed by atoms with Gasteiger partial charge in [-0.3, -0.25) is 29.4 Å². The number of rotatable bonds is 10. The van der Waals surface area contributed by atoms with E-state index in [4.69, 9.17) is 16.6 Å². The van der Waals surface area contributed by atoms with E-state index >= 15 is 0 Å². The lowest BCUT2D eigenvalue weighted by atomic mass is 10.0. The number of benzene rings is 2. The van der Waals surface area contributed by atoms with E-state index in [0.717, 1.165) is 60.3 Å². The summed E-state index contributed by atoms with van der Waals surface area (Å²) >= 11 is 9.24. The normalized spacial score (nSPS) is 17.8. The molecule has 4 aromatic rings. The predicted molar refractivity (Wildman–Crippen MR) is 198 cm³/mol. The molecule has 2 fully saturated rings. The second-order valence-electron chi connectivity index (χ2n) is 12.6. The highest BCUT2D eigenvalue weighted by Crippen LogP contribution is 2.35. The van der Waals surface area contributed by atoms with Gasteiger partial charge in [-0.2, -0.15) is 0 Å². The van der Waals surface area contributed by atoms with Crippen molar-refractivity contribution in [3.8, 4) is 0 Å². The molecular formula is C35H36ClN9O4S2. The molecule has 2 saturated heterocycles. The Labute approximate surface area is 308 Å². The van der Waals surface area contributed by atoms with Crippen LogP contribution in [0.2, 0.25) is 5.02 Å². The second kappa shape index (κ2) is 15.0. The molecule has 0 bridgehead atoms. The molecule has 5 heterocycles. The predicted octanol–water partition coefficient (Wildman–Crippen LogP) is 4.87. The quantitative estimate of drug-likeness (QED) is 0.151. The van der Waals surface area contributed by atoms with Crippen molar-refractivity contribution < 1.29 is 19.2 Å². The number of nitrogens with one attached hydrogen (secondary N) is 3. The lowest BCUT2D eigenvalue weighted by molar-refractivity contribution is -0.136. The lowest BCUT2D eigenvalue weighted by Gasteiger charge is -2.35. The van der Waals surface area contributed by atoms with Gasteiger partial charge in [0.25, 0.3) is 11.8 Å². The minimum Gasteiger partial charge on any atom is -0.354 e. The maximum Gasteiger partial charge on any atom is 0.267 e. The van der Waals surface area contributed by atoms with Crippen molar-refractivity contribution in [2.24, 2.45) is 0 Å². The Bertz CT molecular complexity index is 2000. The Morgan fingerprint density at radius 2 is 1.88 bits per heavy atom. The molecular weight excluding hydrogens is 710 g/mol. The molecule has 2 aromatic heterocycles. The topological polar surface area (TPSA) is 153 Å². The van der Waals surface area contributed by atoms with Gasteiger partial charge < -0.3 is 20.4 Å². The SMILES string of the molecule is Cc1nc(Nc2ncc(C(=O)Nc3c(C)cccc3Cl)s2)cc(N2CCN(CCSc3cccc4c3CN(C3CCC(=O)NC3=O)C4=O)CC2)n1. The first-order chi connectivity index (χ1) is 24.6. The number of amides is 4. The molecule has 13 nitrogen and oxygen atoms in total. The summed E-state index contributed by atoms with van der Waals surface area (Å²) in [6.07, 6.45) is 2.12. The standard InChI is InChI=1S/C35H36ClN9O4S2/c1-20-5-3-7-24(36)31(20)42-33(48)27-18-37-35(51-27)40-28-17-29(39-21(2)38-28)44-13-11-43(12-14-44)15-16-50-26-8-4-6-22-23(26)19-45(34(22)49)25-9-10-30(46)41-32(25)47/h3-8,17-18,25H,9-16,19H2,1-2H3,(H,42,48)(H,41,46,47)(H,37,38,39,40). The van der Waals surface area contributed by atoms with E-state index in [1.54, 1.807) is 22.7 Å². The van der Waals surface area contributed by atoms with Crippen LogP contribution in [0.1, 0.15) is 49.8 Å². The number of thiazole rings is 1. The maximum atomic E-state index is 13.2. The fourth-order valence-corrected chi connectivity index (χ4v) is 8.55. The van der Waals surface area contributed by atoms with Crippen molar-refractivity contribution in [2.45, 2.75) is 44.2 Å². The number of nitrogens with zero attached hydrogens (tertiary/aromatic N) is 6. The third-order valence-corrected chi connectivity index (χ3v) is 11.5. The number of hydrogen-bond acceptors (Lipinski definition) is 12. The average molecular weight is 746 g/mol. The molecule has 51 heavy (non-hydrogen) atoms. The van der Waals surface area contributed by atoms with Crippen LogP contribution in [0.25, 0.3) is 0 Å². The van der Waals surface area contributed by atoms with Crippen molar-refractivity contribution in [1.82, 2.24) is 30.1 Å². The molecule has 0 saturated carbocycles. The Morgan fingerprint density at radius 1 is 1.08 bits per heavy atom. The van der Waals surface area contributed by atoms with E-state index in [-0.39, 0.29) is 24.1 Å². The van der Waals surface area contributed by atoms with Crippen molar-refractivity contribution in [1.29, 1.82) is 0 Å². The van der Waals surface area contributed by atoms with Crippen LogP contribution < -0.4 is 20.9 Å². The fourth-order valence-electron chi connectivity index (χ4n) is 6.47. The number of halogens is 1. The third-order valence-electron chi connectivity index (χ3n) is 9.15. The zero-order chi connectivity index (χ0) is 35.6. The summed E-state index contributed by atoms with van der Waals surface area (Å²) in [5, 5.41) is 9.51. The van der Waals surface area contributed by atoms with Gasteiger partial charge in [-0.05, 0) is 49.6 Å². The zero-order valence-corrected chi connectivity index (χ0v) is 30.5. The molecule has 3 aliphatic heterocycles. The van der Waals surface area contributed by atoms with Crippen LogP contribution in [-0.2, 0) is 16.1 Å². The summed E-state index contributed by atoms with van der Waals surface area (Å²) in [5.41, 5.74) is 3.04. The first kappa shape index (κ1) is 34.9. The van der Waals surface area contributed by atoms with Crippen molar-refractivity contribution in [2.75, 3.05) is 54.0 Å². The lowest BCUT2D eigenvalue weighted by Crippen LogP contribution is -2.52. The van der Waals surface area contributed by atoms with Gasteiger partial charge >= 0.3 is 0 Å². The molecule has 0 aliphatic carbocycles. The van der Waals surface area contributed by atoms with Crippen LogP contribution >= 0.6 is 34.7 Å². The zero-order valence-electron chi connectivity index (χ0n) is 28.1. The highest BCUT2D eigenvalue weighted by molar-refractivity contribution is 7.99. The van der Waals surface area contributed by atoms with Crippen LogP contribution in [0.4, 0.5) is 22.5 Å². The number of imide groups is 1. The first-order valence-electron chi connectivity index (χ1n) is 16.6. The first-order valence-corrected chi connectivity index (χ1v) is 18.8. The molecule has 0 spiro atoms. The number of carbonyl (C=O) groups excluding carboxylic acids is 4. The van der Waals surface area contributed by atoms with Gasteiger partial charge in [-0.15, -0.1) is 11.8 Å². The van der Waals surface area contributed by atoms with Crippen LogP contribution in [0.5, 0.6) is 0 Å². The number of thioether (sulfide) groups is 1. The van der Waals surface area contributed by atoms with Crippen molar-refractivity contribution in [3.05, 3.63) is 81.1 Å². The van der Waals surface area contributed by atoms with Crippen LogP contribution in [0.15, 0.2) is 53.6 Å². The molecule has 1 atom stereocenters. The molecule has 7 rings (SSSR count). The smallest absolute Gasteiger partial charge is 0.267 e. The Morgan fingerprint density at radius 3 is 2.67 bits per heavy atom. The fraction of sp³-hybridized carbons (Fsp3) is 0.343. The molecule has 2 aromatic carbocycles. The van der Waals surface area contributed by atoms with E-state index in [1.807, 2.05) is 50.2 Å². The molecule has 3 N–H and O–H groups in total. The van der Waals surface area contributed by atoms with Gasteiger partial charge in [0.2, 0.25) is 11.8 Å². The van der Waals surface area contributed by atoms with Gasteiger partial charge in [0.05, 0.1) is 16.9 Å². The van der Waals surface area contributed by atoms with E-state index in [1.165, 1.54) is 17.5 Å². The molecule has 4 amide bonds. The van der Waals surface area contributed by atoms with Gasteiger partial charge in [0.15, 0.2) is 5.13 Å². The number of aryl methyl sites for hydroxylation is 2. The Kier molecular flexibility index (Phi) is 10.2. The molecule has 16 heteroatoms. The molecule has 3 aliphatic rings. The number of hydrogen-bond donors (Lipinski definition) is 3. The van der Waals surface area contributed by atoms with E-state index in [9.17, 15) is 19.2 Å². The number of carbonyl (C=O) groups is 4. The summed E-state index contributed by atoms with van der Waals surface area (Å²) in [4.78, 5) is 71.6. The summed E-state index contributed by atoms with van der Waals surface area (Å²) in [6.45, 7) is 8.36. The van der Waals surface area contributed by atoms with E-state index in [0.29, 0.717) is 50.9 Å². The molecule has 264 valence electrons. The third kappa shape index (κ3) is 7.71. The Balaban J connectivity index is 0.907. The highest BCUT2D eigenvalue weighted by atomic mass is 35.5. The number of fused-ring (bicyclic) bond motifs is 1. The van der Waals surface area contributed by atoms with Crippen LogP contribution in [0.3, 0.4) is 0 Å². The summed E-state index contributed by atoms with van der Waals surface area (Å²) in [5.74, 6) is 1.79. The number of piperazine rings is 1. The molecule has 0 radical (unpaired) electrons. The van der Waals surface area contributed by atoms with Crippen molar-refractivity contribution in [3.63, 3.8) is 0 Å². The largest absolute Gasteiger partial charge is 0.354 e. The van der Waals surface area contributed by atoms with E-state index in [2.05, 4.69) is 35.7 Å². The maximum absolute atomic E-state index is 13.2. The second-order valence-corrected chi connectivity index (χ2v) is 15.1. The molecule has 1 unspecified atom stereocenters.